The van der Waals surface area contributed by atoms with Crippen LogP contribution in [0.1, 0.15) is 19.8 Å². The Morgan fingerprint density at radius 1 is 1.40 bits per heavy atom. The van der Waals surface area contributed by atoms with E-state index >= 15 is 0 Å². The van der Waals surface area contributed by atoms with Crippen LogP contribution in [0.25, 0.3) is 0 Å². The van der Waals surface area contributed by atoms with Gasteiger partial charge in [-0.2, -0.15) is 17.0 Å². The Labute approximate surface area is 92.4 Å². The molecule has 0 radical (unpaired) electrons. The highest BCUT2D eigenvalue weighted by Crippen LogP contribution is 2.30. The molecular weight excluding hydrogens is 214 g/mol. The molecule has 6 heteroatoms. The third-order valence-electron chi connectivity index (χ3n) is 2.93. The van der Waals surface area contributed by atoms with Gasteiger partial charge in [-0.3, -0.25) is 0 Å². The molecule has 1 rings (SSSR count). The van der Waals surface area contributed by atoms with Crippen LogP contribution in [-0.2, 0) is 10.2 Å². The Morgan fingerprint density at radius 2 is 1.93 bits per heavy atom. The summed E-state index contributed by atoms with van der Waals surface area (Å²) >= 11 is 0. The van der Waals surface area contributed by atoms with Gasteiger partial charge in [0.2, 0.25) is 0 Å². The van der Waals surface area contributed by atoms with Gasteiger partial charge in [-0.1, -0.05) is 0 Å². The fraction of sp³-hybridized carbons (Fsp3) is 1.00. The smallest absolute Gasteiger partial charge is 0.281 e. The molecule has 0 aromatic heterocycles. The Bertz CT molecular complexity index is 300. The third-order valence-corrected chi connectivity index (χ3v) is 4.96. The second kappa shape index (κ2) is 4.78. The first-order valence-corrected chi connectivity index (χ1v) is 6.68. The van der Waals surface area contributed by atoms with Gasteiger partial charge in [0.05, 0.1) is 0 Å². The van der Waals surface area contributed by atoms with Crippen LogP contribution in [0.15, 0.2) is 0 Å². The topological polar surface area (TPSA) is 66.6 Å². The minimum absolute atomic E-state index is 0.156. The zero-order chi connectivity index (χ0) is 11.6. The van der Waals surface area contributed by atoms with Crippen LogP contribution in [0, 0.1) is 5.92 Å². The average Bonchev–Trinajstić information content (AvgIpc) is 2.99. The van der Waals surface area contributed by atoms with E-state index in [1.807, 2.05) is 6.92 Å². The number of nitrogens with two attached hydrogens (primary N) is 1. The van der Waals surface area contributed by atoms with E-state index in [-0.39, 0.29) is 6.04 Å². The zero-order valence-electron chi connectivity index (χ0n) is 9.68. The summed E-state index contributed by atoms with van der Waals surface area (Å²) in [5.74, 6) is 0.561. The van der Waals surface area contributed by atoms with Gasteiger partial charge in [0.1, 0.15) is 0 Å². The van der Waals surface area contributed by atoms with E-state index in [2.05, 4.69) is 0 Å². The van der Waals surface area contributed by atoms with Crippen molar-refractivity contribution in [3.8, 4) is 0 Å². The fourth-order valence-electron chi connectivity index (χ4n) is 1.35. The van der Waals surface area contributed by atoms with Crippen LogP contribution in [0.3, 0.4) is 0 Å². The lowest BCUT2D eigenvalue weighted by Gasteiger charge is -2.28. The van der Waals surface area contributed by atoms with Crippen LogP contribution >= 0.6 is 0 Å². The Hall–Kier alpha value is -0.170. The molecule has 1 fully saturated rings. The number of hydrogen-bond acceptors (Lipinski definition) is 3. The minimum atomic E-state index is -3.32. The van der Waals surface area contributed by atoms with Crippen molar-refractivity contribution in [2.24, 2.45) is 11.7 Å². The Morgan fingerprint density at radius 3 is 2.33 bits per heavy atom. The summed E-state index contributed by atoms with van der Waals surface area (Å²) in [6.45, 7) is 2.78. The van der Waals surface area contributed by atoms with Crippen molar-refractivity contribution in [2.45, 2.75) is 25.8 Å². The van der Waals surface area contributed by atoms with E-state index < -0.39 is 10.2 Å². The van der Waals surface area contributed by atoms with Gasteiger partial charge >= 0.3 is 0 Å². The quantitative estimate of drug-likeness (QED) is 0.696. The second-order valence-corrected chi connectivity index (χ2v) is 6.43. The van der Waals surface area contributed by atoms with Crippen LogP contribution in [-0.4, -0.2) is 50.3 Å². The molecule has 1 aliphatic rings. The highest BCUT2D eigenvalue weighted by Gasteiger charge is 2.31. The number of likely N-dealkylation sites (N-methyl/N-ethyl adjacent to an activating group) is 1. The van der Waals surface area contributed by atoms with Gasteiger partial charge < -0.3 is 5.73 Å². The molecule has 2 N–H and O–H groups in total. The fourth-order valence-corrected chi connectivity index (χ4v) is 2.73. The average molecular weight is 235 g/mol. The summed E-state index contributed by atoms with van der Waals surface area (Å²) in [4.78, 5) is 0. The van der Waals surface area contributed by atoms with Crippen molar-refractivity contribution < 1.29 is 8.42 Å². The van der Waals surface area contributed by atoms with Crippen LogP contribution in [0.5, 0.6) is 0 Å². The normalized spacial score (nSPS) is 19.9. The van der Waals surface area contributed by atoms with Crippen molar-refractivity contribution >= 4 is 10.2 Å². The molecule has 0 aliphatic heterocycles. The molecule has 1 atom stereocenters. The highest BCUT2D eigenvalue weighted by molar-refractivity contribution is 7.86. The molecule has 0 aromatic carbocycles. The van der Waals surface area contributed by atoms with E-state index in [9.17, 15) is 8.42 Å². The molecule has 0 spiro atoms. The van der Waals surface area contributed by atoms with E-state index in [0.29, 0.717) is 19.0 Å². The summed E-state index contributed by atoms with van der Waals surface area (Å²) < 4.78 is 26.8. The van der Waals surface area contributed by atoms with Crippen LogP contribution in [0.2, 0.25) is 0 Å². The molecular formula is C9H21N3O2S. The van der Waals surface area contributed by atoms with Crippen molar-refractivity contribution in [1.82, 2.24) is 8.61 Å². The molecule has 1 unspecified atom stereocenters. The van der Waals surface area contributed by atoms with Gasteiger partial charge in [0.25, 0.3) is 10.2 Å². The van der Waals surface area contributed by atoms with E-state index in [1.54, 1.807) is 14.1 Å². The zero-order valence-corrected chi connectivity index (χ0v) is 10.5. The van der Waals surface area contributed by atoms with Gasteiger partial charge in [0, 0.05) is 33.2 Å². The van der Waals surface area contributed by atoms with Crippen LogP contribution < -0.4 is 5.73 Å². The van der Waals surface area contributed by atoms with E-state index in [4.69, 9.17) is 5.73 Å². The van der Waals surface area contributed by atoms with E-state index in [0.717, 1.165) is 12.8 Å². The Kier molecular flexibility index (Phi) is 4.11. The van der Waals surface area contributed by atoms with Crippen molar-refractivity contribution in [3.05, 3.63) is 0 Å². The lowest BCUT2D eigenvalue weighted by molar-refractivity contribution is 0.344. The van der Waals surface area contributed by atoms with Gasteiger partial charge in [0.15, 0.2) is 0 Å². The summed E-state index contributed by atoms with van der Waals surface area (Å²) in [7, 11) is -0.107. The molecule has 0 heterocycles. The van der Waals surface area contributed by atoms with Crippen molar-refractivity contribution in [2.75, 3.05) is 27.2 Å². The standard InChI is InChI=1S/C9H21N3O2S/c1-8(6-10)12(3)15(13,14)11(2)7-9-4-5-9/h8-9H,4-7,10H2,1-3H3. The van der Waals surface area contributed by atoms with Crippen LogP contribution in [0.4, 0.5) is 0 Å². The first-order chi connectivity index (χ1) is 6.89. The largest absolute Gasteiger partial charge is 0.329 e. The minimum Gasteiger partial charge on any atom is -0.329 e. The SMILES string of the molecule is CC(CN)N(C)S(=O)(=O)N(C)CC1CC1. The molecule has 0 amide bonds. The first kappa shape index (κ1) is 12.9. The molecule has 5 nitrogen and oxygen atoms in total. The summed E-state index contributed by atoms with van der Waals surface area (Å²) in [6.07, 6.45) is 2.30. The predicted octanol–water partition coefficient (Wildman–Crippen LogP) is -0.148. The van der Waals surface area contributed by atoms with Gasteiger partial charge in [-0.05, 0) is 25.7 Å². The maximum atomic E-state index is 12.0. The third kappa shape index (κ3) is 3.14. The summed E-state index contributed by atoms with van der Waals surface area (Å²) in [5.41, 5.74) is 5.46. The van der Waals surface area contributed by atoms with Crippen molar-refractivity contribution in [1.29, 1.82) is 0 Å². The second-order valence-electron chi connectivity index (χ2n) is 4.33. The molecule has 15 heavy (non-hydrogen) atoms. The lowest BCUT2D eigenvalue weighted by atomic mass is 10.4. The maximum Gasteiger partial charge on any atom is 0.281 e. The number of rotatable bonds is 6. The molecule has 0 aromatic rings. The molecule has 1 saturated carbocycles. The number of hydrogen-bond donors (Lipinski definition) is 1. The summed E-state index contributed by atoms with van der Waals surface area (Å²) in [6, 6.07) is -0.156. The predicted molar refractivity (Wildman–Crippen MR) is 60.6 cm³/mol. The highest BCUT2D eigenvalue weighted by atomic mass is 32.2. The maximum absolute atomic E-state index is 12.0. The lowest BCUT2D eigenvalue weighted by Crippen LogP contribution is -2.46. The summed E-state index contributed by atoms with van der Waals surface area (Å²) in [5, 5.41) is 0. The van der Waals surface area contributed by atoms with Crippen molar-refractivity contribution in [3.63, 3.8) is 0 Å². The molecule has 1 aliphatic carbocycles. The molecule has 90 valence electrons. The first-order valence-electron chi connectivity index (χ1n) is 5.29. The number of nitrogens with zero attached hydrogens (tertiary/aromatic N) is 2. The van der Waals surface area contributed by atoms with Gasteiger partial charge in [-0.25, -0.2) is 0 Å². The monoisotopic (exact) mass is 235 g/mol. The molecule has 0 saturated heterocycles. The van der Waals surface area contributed by atoms with Gasteiger partial charge in [-0.15, -0.1) is 0 Å². The van der Waals surface area contributed by atoms with E-state index in [1.165, 1.54) is 8.61 Å². The molecule has 0 bridgehead atoms. The Balaban J connectivity index is 2.62.